The van der Waals surface area contributed by atoms with E-state index in [0.717, 1.165) is 5.56 Å². The summed E-state index contributed by atoms with van der Waals surface area (Å²) in [6, 6.07) is 15.9. The van der Waals surface area contributed by atoms with Crippen LogP contribution in [-0.4, -0.2) is 49.7 Å². The predicted molar refractivity (Wildman–Crippen MR) is 106 cm³/mol. The fraction of sp³-hybridized carbons (Fsp3) is 0.350. The van der Waals surface area contributed by atoms with Crippen LogP contribution in [0.5, 0.6) is 0 Å². The van der Waals surface area contributed by atoms with Gasteiger partial charge in [-0.2, -0.15) is 4.31 Å². The van der Waals surface area contributed by atoms with Gasteiger partial charge >= 0.3 is 0 Å². The maximum absolute atomic E-state index is 12.9. The van der Waals surface area contributed by atoms with Gasteiger partial charge < -0.3 is 4.90 Å². The van der Waals surface area contributed by atoms with Crippen molar-refractivity contribution in [1.29, 1.82) is 0 Å². The highest BCUT2D eigenvalue weighted by Gasteiger charge is 2.32. The minimum Gasteiger partial charge on any atom is -0.340 e. The highest BCUT2D eigenvalue weighted by atomic mass is 35.5. The van der Waals surface area contributed by atoms with Crippen molar-refractivity contribution in [1.82, 2.24) is 9.21 Å². The Morgan fingerprint density at radius 3 is 2.15 bits per heavy atom. The third-order valence-electron chi connectivity index (χ3n) is 4.91. The molecule has 1 saturated heterocycles. The van der Waals surface area contributed by atoms with Gasteiger partial charge in [0.2, 0.25) is 15.9 Å². The molecule has 1 fully saturated rings. The molecule has 27 heavy (non-hydrogen) atoms. The average molecular weight is 407 g/mol. The van der Waals surface area contributed by atoms with Crippen molar-refractivity contribution < 1.29 is 13.2 Å². The molecule has 1 heterocycles. The van der Waals surface area contributed by atoms with E-state index in [2.05, 4.69) is 0 Å². The molecule has 5 nitrogen and oxygen atoms in total. The lowest BCUT2D eigenvalue weighted by Gasteiger charge is -2.35. The molecule has 1 aliphatic heterocycles. The molecule has 7 heteroatoms. The average Bonchev–Trinajstić information content (AvgIpc) is 2.70. The first-order valence-corrected chi connectivity index (χ1v) is 10.8. The van der Waals surface area contributed by atoms with E-state index in [4.69, 9.17) is 11.6 Å². The smallest absolute Gasteiger partial charge is 0.243 e. The first-order valence-electron chi connectivity index (χ1n) is 9.03. The zero-order chi connectivity index (χ0) is 19.4. The lowest BCUT2D eigenvalue weighted by atomic mass is 9.95. The van der Waals surface area contributed by atoms with E-state index >= 15 is 0 Å². The van der Waals surface area contributed by atoms with Crippen LogP contribution in [0.1, 0.15) is 24.8 Å². The zero-order valence-corrected chi connectivity index (χ0v) is 16.8. The lowest BCUT2D eigenvalue weighted by molar-refractivity contribution is -0.134. The summed E-state index contributed by atoms with van der Waals surface area (Å²) in [5.41, 5.74) is 1.00. The largest absolute Gasteiger partial charge is 0.340 e. The van der Waals surface area contributed by atoms with Gasteiger partial charge in [0.1, 0.15) is 0 Å². The van der Waals surface area contributed by atoms with Crippen LogP contribution in [0.25, 0.3) is 0 Å². The van der Waals surface area contributed by atoms with Crippen LogP contribution in [0.2, 0.25) is 5.02 Å². The Morgan fingerprint density at radius 1 is 1.00 bits per heavy atom. The van der Waals surface area contributed by atoms with Crippen LogP contribution in [-0.2, 0) is 14.8 Å². The molecule has 0 saturated carbocycles. The van der Waals surface area contributed by atoms with Crippen molar-refractivity contribution in [2.75, 3.05) is 26.2 Å². The highest BCUT2D eigenvalue weighted by molar-refractivity contribution is 7.89. The van der Waals surface area contributed by atoms with Gasteiger partial charge in [0.05, 0.1) is 10.8 Å². The fourth-order valence-corrected chi connectivity index (χ4v) is 4.91. The second-order valence-electron chi connectivity index (χ2n) is 6.55. The number of piperazine rings is 1. The molecule has 1 atom stereocenters. The molecule has 0 unspecified atom stereocenters. The number of nitrogens with zero attached hydrogens (tertiary/aromatic N) is 2. The van der Waals surface area contributed by atoms with Gasteiger partial charge in [0.15, 0.2) is 0 Å². The van der Waals surface area contributed by atoms with Crippen LogP contribution >= 0.6 is 11.6 Å². The van der Waals surface area contributed by atoms with Crippen LogP contribution in [0.4, 0.5) is 0 Å². The van der Waals surface area contributed by atoms with Crippen LogP contribution < -0.4 is 0 Å². The van der Waals surface area contributed by atoms with Crippen molar-refractivity contribution in [3.05, 3.63) is 65.2 Å². The summed E-state index contributed by atoms with van der Waals surface area (Å²) in [6.07, 6.45) is 0.714. The molecule has 0 radical (unpaired) electrons. The number of sulfonamides is 1. The number of amides is 1. The van der Waals surface area contributed by atoms with Gasteiger partial charge in [-0.25, -0.2) is 8.42 Å². The second-order valence-corrected chi connectivity index (χ2v) is 8.93. The fourth-order valence-electron chi connectivity index (χ4n) is 3.36. The van der Waals surface area contributed by atoms with E-state index in [1.807, 2.05) is 37.3 Å². The third-order valence-corrected chi connectivity index (χ3v) is 7.07. The van der Waals surface area contributed by atoms with Crippen molar-refractivity contribution in [2.45, 2.75) is 24.2 Å². The Labute approximate surface area is 165 Å². The van der Waals surface area contributed by atoms with Crippen LogP contribution in [0.15, 0.2) is 59.5 Å². The molecule has 0 bridgehead atoms. The Kier molecular flexibility index (Phi) is 6.19. The summed E-state index contributed by atoms with van der Waals surface area (Å²) >= 11 is 5.84. The SMILES string of the molecule is CC[C@@H](C(=O)N1CCN(S(=O)(=O)c2ccc(Cl)cc2)CC1)c1ccccc1. The summed E-state index contributed by atoms with van der Waals surface area (Å²) in [7, 11) is -3.57. The normalized spacial score (nSPS) is 16.9. The Balaban J connectivity index is 1.67. The standard InChI is InChI=1S/C20H23ClN2O3S/c1-2-19(16-6-4-3-5-7-16)20(24)22-12-14-23(15-13-22)27(25,26)18-10-8-17(21)9-11-18/h3-11,19H,2,12-15H2,1H3/t19-/m1/s1. The highest BCUT2D eigenvalue weighted by Crippen LogP contribution is 2.24. The number of hydrogen-bond donors (Lipinski definition) is 0. The molecule has 1 aliphatic rings. The maximum atomic E-state index is 12.9. The summed E-state index contributed by atoms with van der Waals surface area (Å²) < 4.78 is 27.0. The minimum atomic E-state index is -3.57. The molecule has 2 aromatic rings. The second kappa shape index (κ2) is 8.42. The van der Waals surface area contributed by atoms with E-state index in [-0.39, 0.29) is 16.7 Å². The zero-order valence-electron chi connectivity index (χ0n) is 15.2. The van der Waals surface area contributed by atoms with Gasteiger partial charge in [-0.15, -0.1) is 0 Å². The molecule has 2 aromatic carbocycles. The molecule has 0 spiro atoms. The van der Waals surface area contributed by atoms with Crippen molar-refractivity contribution >= 4 is 27.5 Å². The van der Waals surface area contributed by atoms with E-state index in [0.29, 0.717) is 37.6 Å². The summed E-state index contributed by atoms with van der Waals surface area (Å²) in [4.78, 5) is 14.9. The van der Waals surface area contributed by atoms with Gasteiger partial charge in [0, 0.05) is 31.2 Å². The molecule has 0 N–H and O–H groups in total. The molecule has 144 valence electrons. The quantitative estimate of drug-likeness (QED) is 0.764. The first-order chi connectivity index (χ1) is 12.9. The molecule has 0 aromatic heterocycles. The summed E-state index contributed by atoms with van der Waals surface area (Å²) in [6.45, 7) is 3.38. The Hall–Kier alpha value is -1.89. The Morgan fingerprint density at radius 2 is 1.59 bits per heavy atom. The molecular weight excluding hydrogens is 384 g/mol. The molecule has 3 rings (SSSR count). The number of carbonyl (C=O) groups is 1. The van der Waals surface area contributed by atoms with Gasteiger partial charge in [0.25, 0.3) is 0 Å². The number of benzene rings is 2. The van der Waals surface area contributed by atoms with Gasteiger partial charge in [-0.05, 0) is 36.2 Å². The Bertz CT molecular complexity index is 877. The third kappa shape index (κ3) is 4.34. The topological polar surface area (TPSA) is 57.7 Å². The van der Waals surface area contributed by atoms with Crippen molar-refractivity contribution in [2.24, 2.45) is 0 Å². The maximum Gasteiger partial charge on any atom is 0.243 e. The summed E-state index contributed by atoms with van der Waals surface area (Å²) in [5.74, 6) is -0.127. The first kappa shape index (κ1) is 19.9. The number of carbonyl (C=O) groups excluding carboxylic acids is 1. The summed E-state index contributed by atoms with van der Waals surface area (Å²) in [5, 5.41) is 0.496. The van der Waals surface area contributed by atoms with Crippen LogP contribution in [0.3, 0.4) is 0 Å². The molecular formula is C20H23ClN2O3S. The van der Waals surface area contributed by atoms with E-state index in [9.17, 15) is 13.2 Å². The number of rotatable bonds is 5. The minimum absolute atomic E-state index is 0.0623. The predicted octanol–water partition coefficient (Wildman–Crippen LogP) is 3.37. The lowest BCUT2D eigenvalue weighted by Crippen LogP contribution is -2.51. The van der Waals surface area contributed by atoms with Gasteiger partial charge in [-0.1, -0.05) is 48.9 Å². The molecule has 1 amide bonds. The van der Waals surface area contributed by atoms with Crippen molar-refractivity contribution in [3.8, 4) is 0 Å². The van der Waals surface area contributed by atoms with E-state index in [1.165, 1.54) is 16.4 Å². The van der Waals surface area contributed by atoms with Crippen molar-refractivity contribution in [3.63, 3.8) is 0 Å². The van der Waals surface area contributed by atoms with E-state index in [1.54, 1.807) is 17.0 Å². The monoisotopic (exact) mass is 406 g/mol. The van der Waals surface area contributed by atoms with Gasteiger partial charge in [-0.3, -0.25) is 4.79 Å². The van der Waals surface area contributed by atoms with E-state index < -0.39 is 10.0 Å². The van der Waals surface area contributed by atoms with Crippen LogP contribution in [0, 0.1) is 0 Å². The number of halogens is 1. The number of hydrogen-bond acceptors (Lipinski definition) is 3. The molecule has 0 aliphatic carbocycles.